The van der Waals surface area contributed by atoms with Gasteiger partial charge < -0.3 is 19.9 Å². The van der Waals surface area contributed by atoms with Gasteiger partial charge in [-0.2, -0.15) is 0 Å². The van der Waals surface area contributed by atoms with E-state index in [0.29, 0.717) is 31.2 Å². The van der Waals surface area contributed by atoms with Crippen LogP contribution in [-0.4, -0.2) is 46.6 Å². The second kappa shape index (κ2) is 8.34. The first-order chi connectivity index (χ1) is 14.2. The number of piperidine rings is 1. The number of nitrogens with one attached hydrogen (secondary N) is 2. The molecule has 7 heteroatoms. The van der Waals surface area contributed by atoms with Crippen molar-refractivity contribution in [2.24, 2.45) is 5.92 Å². The zero-order valence-electron chi connectivity index (χ0n) is 16.4. The third kappa shape index (κ3) is 4.08. The number of para-hydroxylation sites is 3. The summed E-state index contributed by atoms with van der Waals surface area (Å²) in [4.78, 5) is 34.5. The minimum Gasteiger partial charge on any atom is -0.450 e. The summed E-state index contributed by atoms with van der Waals surface area (Å²) in [5.41, 5.74) is 3.35. The van der Waals surface area contributed by atoms with Gasteiger partial charge in [0.15, 0.2) is 0 Å². The van der Waals surface area contributed by atoms with E-state index in [0.717, 1.165) is 29.4 Å². The van der Waals surface area contributed by atoms with Crippen LogP contribution in [0.2, 0.25) is 0 Å². The Bertz CT molecular complexity index is 997. The zero-order chi connectivity index (χ0) is 20.2. The summed E-state index contributed by atoms with van der Waals surface area (Å²) < 4.78 is 5.08. The Morgan fingerprint density at radius 1 is 1.21 bits per heavy atom. The van der Waals surface area contributed by atoms with Crippen LogP contribution in [0.5, 0.6) is 0 Å². The number of carbonyl (C=O) groups excluding carboxylic acids is 2. The van der Waals surface area contributed by atoms with Crippen LogP contribution < -0.4 is 5.32 Å². The monoisotopic (exact) mass is 392 g/mol. The van der Waals surface area contributed by atoms with Crippen LogP contribution >= 0.6 is 0 Å². The van der Waals surface area contributed by atoms with E-state index >= 15 is 0 Å². The summed E-state index contributed by atoms with van der Waals surface area (Å²) in [6.45, 7) is 3.10. The molecule has 1 aliphatic heterocycles. The van der Waals surface area contributed by atoms with Crippen molar-refractivity contribution in [3.63, 3.8) is 0 Å². The number of likely N-dealkylation sites (tertiary alicyclic amines) is 1. The first kappa shape index (κ1) is 19.0. The Morgan fingerprint density at radius 3 is 2.83 bits per heavy atom. The second-order valence-corrected chi connectivity index (χ2v) is 7.12. The van der Waals surface area contributed by atoms with Gasteiger partial charge in [-0.15, -0.1) is 0 Å². The molecule has 2 amide bonds. The Morgan fingerprint density at radius 2 is 2.00 bits per heavy atom. The van der Waals surface area contributed by atoms with E-state index in [4.69, 9.17) is 4.74 Å². The number of hydrogen-bond acceptors (Lipinski definition) is 4. The van der Waals surface area contributed by atoms with Crippen LogP contribution in [0.1, 0.15) is 19.8 Å². The van der Waals surface area contributed by atoms with Gasteiger partial charge in [-0.1, -0.05) is 24.3 Å². The number of aromatic nitrogens is 2. The van der Waals surface area contributed by atoms with E-state index in [1.54, 1.807) is 11.8 Å². The lowest BCUT2D eigenvalue weighted by Crippen LogP contribution is -2.44. The van der Waals surface area contributed by atoms with Crippen molar-refractivity contribution in [1.82, 2.24) is 14.9 Å². The van der Waals surface area contributed by atoms with Crippen molar-refractivity contribution in [1.29, 1.82) is 0 Å². The second-order valence-electron chi connectivity index (χ2n) is 7.12. The third-order valence-corrected chi connectivity index (χ3v) is 5.15. The maximum atomic E-state index is 12.9. The van der Waals surface area contributed by atoms with Gasteiger partial charge in [0, 0.05) is 18.7 Å². The summed E-state index contributed by atoms with van der Waals surface area (Å²) in [7, 11) is 0. The Hall–Kier alpha value is -3.35. The number of anilines is 1. The number of aromatic amines is 1. The van der Waals surface area contributed by atoms with Crippen LogP contribution in [0.25, 0.3) is 22.4 Å². The molecule has 1 aromatic heterocycles. The van der Waals surface area contributed by atoms with Crippen molar-refractivity contribution in [2.45, 2.75) is 19.8 Å². The molecule has 0 bridgehead atoms. The van der Waals surface area contributed by atoms with Crippen molar-refractivity contribution in [3.8, 4) is 11.4 Å². The maximum absolute atomic E-state index is 12.9. The minimum absolute atomic E-state index is 0.0949. The van der Waals surface area contributed by atoms with E-state index in [2.05, 4.69) is 15.3 Å². The fourth-order valence-corrected chi connectivity index (χ4v) is 3.69. The number of imidazole rings is 1. The van der Waals surface area contributed by atoms with Crippen LogP contribution in [0.3, 0.4) is 0 Å². The summed E-state index contributed by atoms with van der Waals surface area (Å²) in [5, 5.41) is 3.04. The van der Waals surface area contributed by atoms with Gasteiger partial charge >= 0.3 is 6.09 Å². The topological polar surface area (TPSA) is 87.3 Å². The van der Waals surface area contributed by atoms with E-state index < -0.39 is 0 Å². The lowest BCUT2D eigenvalue weighted by atomic mass is 9.97. The van der Waals surface area contributed by atoms with Crippen molar-refractivity contribution in [2.75, 3.05) is 25.0 Å². The van der Waals surface area contributed by atoms with Gasteiger partial charge in [0.2, 0.25) is 5.91 Å². The highest BCUT2D eigenvalue weighted by atomic mass is 16.6. The van der Waals surface area contributed by atoms with Crippen LogP contribution in [0, 0.1) is 5.92 Å². The van der Waals surface area contributed by atoms with Crippen LogP contribution in [0.15, 0.2) is 48.5 Å². The van der Waals surface area contributed by atoms with E-state index in [-0.39, 0.29) is 17.9 Å². The first-order valence-corrected chi connectivity index (χ1v) is 9.92. The molecule has 0 saturated carbocycles. The number of benzene rings is 2. The number of fused-ring (bicyclic) bond motifs is 1. The largest absolute Gasteiger partial charge is 0.450 e. The van der Waals surface area contributed by atoms with Crippen molar-refractivity contribution >= 4 is 28.7 Å². The third-order valence-electron chi connectivity index (χ3n) is 5.15. The Balaban J connectivity index is 1.52. The molecule has 1 saturated heterocycles. The fraction of sp³-hybridized carbons (Fsp3) is 0.318. The highest BCUT2D eigenvalue weighted by Crippen LogP contribution is 2.28. The molecular formula is C22H24N4O3. The van der Waals surface area contributed by atoms with E-state index in [9.17, 15) is 9.59 Å². The number of ether oxygens (including phenoxy) is 1. The molecule has 1 fully saturated rings. The Labute approximate surface area is 169 Å². The highest BCUT2D eigenvalue weighted by Gasteiger charge is 2.29. The van der Waals surface area contributed by atoms with E-state index in [1.807, 2.05) is 48.5 Å². The lowest BCUT2D eigenvalue weighted by Gasteiger charge is -2.31. The molecule has 7 nitrogen and oxygen atoms in total. The summed E-state index contributed by atoms with van der Waals surface area (Å²) in [5.74, 6) is 0.346. The first-order valence-electron chi connectivity index (χ1n) is 9.92. The molecular weight excluding hydrogens is 368 g/mol. The molecule has 0 spiro atoms. The SMILES string of the molecule is CCOC(=O)N1CCCC(C(=O)Nc2ccccc2-c2nc3ccccc3[nH]2)C1. The number of amides is 2. The van der Waals surface area contributed by atoms with Gasteiger partial charge in [0.1, 0.15) is 5.82 Å². The van der Waals surface area contributed by atoms with Gasteiger partial charge in [-0.3, -0.25) is 4.79 Å². The van der Waals surface area contributed by atoms with Crippen LogP contribution in [0.4, 0.5) is 10.5 Å². The number of nitrogens with zero attached hydrogens (tertiary/aromatic N) is 2. The summed E-state index contributed by atoms with van der Waals surface area (Å²) in [6, 6.07) is 15.4. The fourth-order valence-electron chi connectivity index (χ4n) is 3.69. The molecule has 0 aliphatic carbocycles. The smallest absolute Gasteiger partial charge is 0.409 e. The molecule has 1 atom stereocenters. The average Bonchev–Trinajstić information content (AvgIpc) is 3.18. The standard InChI is InChI=1S/C22H24N4O3/c1-2-29-22(28)26-13-7-8-15(14-26)21(27)25-17-10-4-3-9-16(17)20-23-18-11-5-6-12-19(18)24-20/h3-6,9-12,15H,2,7-8,13-14H2,1H3,(H,23,24)(H,25,27). The molecule has 1 unspecified atom stereocenters. The molecule has 3 aromatic rings. The van der Waals surface area contributed by atoms with Gasteiger partial charge in [0.05, 0.1) is 29.2 Å². The van der Waals surface area contributed by atoms with E-state index in [1.165, 1.54) is 0 Å². The summed E-state index contributed by atoms with van der Waals surface area (Å²) in [6.07, 6.45) is 1.17. The molecule has 0 radical (unpaired) electrons. The van der Waals surface area contributed by atoms with Gasteiger partial charge in [-0.05, 0) is 44.0 Å². The summed E-state index contributed by atoms with van der Waals surface area (Å²) >= 11 is 0. The normalized spacial score (nSPS) is 16.6. The molecule has 2 N–H and O–H groups in total. The molecule has 150 valence electrons. The predicted molar refractivity (Wildman–Crippen MR) is 111 cm³/mol. The molecule has 2 heterocycles. The number of carbonyl (C=O) groups is 2. The number of hydrogen-bond donors (Lipinski definition) is 2. The Kier molecular flexibility index (Phi) is 5.46. The number of rotatable bonds is 4. The quantitative estimate of drug-likeness (QED) is 0.702. The minimum atomic E-state index is -0.354. The van der Waals surface area contributed by atoms with Crippen molar-refractivity contribution < 1.29 is 14.3 Å². The lowest BCUT2D eigenvalue weighted by molar-refractivity contribution is -0.121. The average molecular weight is 392 g/mol. The number of H-pyrrole nitrogens is 1. The van der Waals surface area contributed by atoms with Crippen LogP contribution in [-0.2, 0) is 9.53 Å². The molecule has 4 rings (SSSR count). The van der Waals surface area contributed by atoms with Gasteiger partial charge in [-0.25, -0.2) is 9.78 Å². The van der Waals surface area contributed by atoms with Gasteiger partial charge in [0.25, 0.3) is 0 Å². The van der Waals surface area contributed by atoms with Crippen molar-refractivity contribution in [3.05, 3.63) is 48.5 Å². The molecule has 29 heavy (non-hydrogen) atoms. The molecule has 2 aromatic carbocycles. The zero-order valence-corrected chi connectivity index (χ0v) is 16.4. The predicted octanol–water partition coefficient (Wildman–Crippen LogP) is 4.04. The molecule has 1 aliphatic rings. The maximum Gasteiger partial charge on any atom is 0.409 e. The highest BCUT2D eigenvalue weighted by molar-refractivity contribution is 5.97.